The summed E-state index contributed by atoms with van der Waals surface area (Å²) in [5, 5.41) is 12.4. The summed E-state index contributed by atoms with van der Waals surface area (Å²) in [5.41, 5.74) is 15.2. The van der Waals surface area contributed by atoms with Crippen LogP contribution >= 0.6 is 0 Å². The molecule has 0 atom stereocenters. The van der Waals surface area contributed by atoms with E-state index < -0.39 is 0 Å². The molecular formula is C65H83O4+. The van der Waals surface area contributed by atoms with Crippen LogP contribution in [0.2, 0.25) is 0 Å². The normalized spacial score (nSPS) is 14.2. The monoisotopic (exact) mass is 928 g/mol. The number of benzene rings is 5. The second kappa shape index (κ2) is 19.0. The Bertz CT molecular complexity index is 2770. The van der Waals surface area contributed by atoms with Gasteiger partial charge in [0.15, 0.2) is 0 Å². The maximum Gasteiger partial charge on any atom is 0.355 e. The van der Waals surface area contributed by atoms with Crippen LogP contribution in [-0.4, -0.2) is 28.9 Å². The summed E-state index contributed by atoms with van der Waals surface area (Å²) >= 11 is 0. The van der Waals surface area contributed by atoms with E-state index in [9.17, 15) is 9.90 Å². The highest BCUT2D eigenvalue weighted by Crippen LogP contribution is 2.46. The van der Waals surface area contributed by atoms with Crippen LogP contribution in [0.5, 0.6) is 17.2 Å². The number of hydrogen-bond acceptors (Lipinski definition) is 3. The zero-order valence-electron chi connectivity index (χ0n) is 45.8. The van der Waals surface area contributed by atoms with Crippen molar-refractivity contribution in [2.45, 2.75) is 170 Å². The summed E-state index contributed by atoms with van der Waals surface area (Å²) in [5.74, 6) is 1.84. The Morgan fingerprint density at radius 2 is 0.812 bits per heavy atom. The molecule has 5 aromatic rings. The Labute approximate surface area is 417 Å². The van der Waals surface area contributed by atoms with Crippen molar-refractivity contribution in [2.24, 2.45) is 0 Å². The number of ether oxygens (including phenoxy) is 2. The van der Waals surface area contributed by atoms with Crippen molar-refractivity contribution in [1.82, 2.24) is 0 Å². The predicted molar refractivity (Wildman–Crippen MR) is 296 cm³/mol. The van der Waals surface area contributed by atoms with E-state index in [1.54, 1.807) is 0 Å². The molecule has 6 rings (SSSR count). The Balaban J connectivity index is 1.31. The van der Waals surface area contributed by atoms with Gasteiger partial charge in [-0.3, -0.25) is 4.79 Å². The molecule has 0 heterocycles. The topological polar surface area (TPSA) is 60.1 Å². The summed E-state index contributed by atoms with van der Waals surface area (Å²) in [4.78, 5) is 12.3. The Hall–Kier alpha value is -5.61. The quantitative estimate of drug-likeness (QED) is 0.112. The highest BCUT2D eigenvalue weighted by atomic mass is 16.5. The first kappa shape index (κ1) is 52.8. The molecule has 0 amide bonds. The number of ketones is 1. The Morgan fingerprint density at radius 3 is 1.25 bits per heavy atom. The highest BCUT2D eigenvalue weighted by Gasteiger charge is 2.33. The van der Waals surface area contributed by atoms with E-state index in [1.165, 1.54) is 22.3 Å². The molecule has 0 radical (unpaired) electrons. The lowest BCUT2D eigenvalue weighted by molar-refractivity contribution is 0.247. The molecule has 0 spiro atoms. The molecule has 5 aromatic carbocycles. The van der Waals surface area contributed by atoms with Gasteiger partial charge in [-0.2, -0.15) is 0 Å². The zero-order chi connectivity index (χ0) is 51.4. The number of carbonyl (C=O) groups excluding carboxylic acids is 1. The molecule has 1 aliphatic carbocycles. The van der Waals surface area contributed by atoms with Gasteiger partial charge in [-0.25, -0.2) is 0 Å². The predicted octanol–water partition coefficient (Wildman–Crippen LogP) is 17.2. The van der Waals surface area contributed by atoms with E-state index in [-0.39, 0.29) is 44.0 Å². The molecule has 0 saturated heterocycles. The van der Waals surface area contributed by atoms with Gasteiger partial charge in [0, 0.05) is 28.7 Å². The van der Waals surface area contributed by atoms with Crippen molar-refractivity contribution in [3.63, 3.8) is 0 Å². The molecule has 69 heavy (non-hydrogen) atoms. The average molecular weight is 928 g/mol. The van der Waals surface area contributed by atoms with Crippen LogP contribution < -0.4 is 9.47 Å². The summed E-state index contributed by atoms with van der Waals surface area (Å²) in [6, 6.07) is 30.4. The van der Waals surface area contributed by atoms with Crippen molar-refractivity contribution >= 4 is 16.9 Å². The molecule has 0 aromatic heterocycles. The number of aryl methyl sites for hydroxylation is 1. The first-order valence-corrected chi connectivity index (χ1v) is 25.0. The second-order valence-electron chi connectivity index (χ2n) is 25.8. The minimum Gasteiger partial charge on any atom is -0.507 e. The molecule has 1 aliphatic rings. The third kappa shape index (κ3) is 12.2. The van der Waals surface area contributed by atoms with Crippen LogP contribution in [0.15, 0.2) is 109 Å². The van der Waals surface area contributed by atoms with Crippen LogP contribution in [0.25, 0.3) is 33.4 Å². The zero-order valence-corrected chi connectivity index (χ0v) is 45.8. The van der Waals surface area contributed by atoms with Gasteiger partial charge in [0.25, 0.3) is 0 Å². The van der Waals surface area contributed by atoms with Gasteiger partial charge in [0.1, 0.15) is 17.2 Å². The van der Waals surface area contributed by atoms with E-state index in [0.717, 1.165) is 61.2 Å². The van der Waals surface area contributed by atoms with Crippen molar-refractivity contribution in [1.29, 1.82) is 0 Å². The highest BCUT2D eigenvalue weighted by molar-refractivity contribution is 6.44. The fraction of sp³-hybridized carbons (Fsp3) is 0.431. The molecule has 4 nitrogen and oxygen atoms in total. The Morgan fingerprint density at radius 1 is 0.435 bits per heavy atom. The molecule has 0 unspecified atom stereocenters. The third-order valence-electron chi connectivity index (χ3n) is 13.5. The lowest BCUT2D eigenvalue weighted by Crippen LogP contribution is -2.18. The van der Waals surface area contributed by atoms with Crippen LogP contribution in [-0.2, 0) is 32.5 Å². The van der Waals surface area contributed by atoms with Crippen LogP contribution in [0.3, 0.4) is 0 Å². The molecule has 0 bridgehead atoms. The van der Waals surface area contributed by atoms with Crippen LogP contribution in [0.1, 0.15) is 181 Å². The minimum atomic E-state index is -0.136. The number of aromatic hydroxyl groups is 1. The van der Waals surface area contributed by atoms with Gasteiger partial charge in [-0.1, -0.05) is 180 Å². The average Bonchev–Trinajstić information content (AvgIpc) is 3.22. The Kier molecular flexibility index (Phi) is 14.5. The van der Waals surface area contributed by atoms with E-state index >= 15 is 0 Å². The van der Waals surface area contributed by atoms with Crippen molar-refractivity contribution in [2.75, 3.05) is 13.2 Å². The summed E-state index contributed by atoms with van der Waals surface area (Å²) in [7, 11) is 0. The number of phenols is 1. The largest absolute Gasteiger partial charge is 0.507 e. The second-order valence-corrected chi connectivity index (χ2v) is 25.8. The van der Waals surface area contributed by atoms with E-state index in [2.05, 4.69) is 211 Å². The number of hydrogen-bond donors (Lipinski definition) is 1. The van der Waals surface area contributed by atoms with E-state index in [4.69, 9.17) is 9.47 Å². The lowest BCUT2D eigenvalue weighted by Gasteiger charge is -2.27. The summed E-state index contributed by atoms with van der Waals surface area (Å²) in [6.45, 7) is 47.4. The molecule has 0 saturated carbocycles. The van der Waals surface area contributed by atoms with Crippen LogP contribution in [0, 0.1) is 6.92 Å². The minimum absolute atomic E-state index is 0.0687. The van der Waals surface area contributed by atoms with Gasteiger partial charge in [-0.15, -0.1) is 0 Å². The van der Waals surface area contributed by atoms with Gasteiger partial charge in [0.2, 0.25) is 0 Å². The van der Waals surface area contributed by atoms with Crippen molar-refractivity contribution < 1.29 is 19.4 Å². The maximum absolute atomic E-state index is 12.4. The van der Waals surface area contributed by atoms with Gasteiger partial charge in [-0.05, 0) is 144 Å². The SMILES string of the molecule is C=C1C=C(c2cc(C(C)(C)C)cc(C(C)(C)C)c2)C(=[OH+])C(c2cc(C(C)(C)C)ccc2OCCCOc2ccc(C(C)(C)C)cc2-c2cc(C)cc(-c3cc(C(C)(C)C)cc(C(C)(C)C)c3)c2O)=C1. The van der Waals surface area contributed by atoms with Crippen molar-refractivity contribution in [3.8, 4) is 39.5 Å². The molecule has 2 N–H and O–H groups in total. The summed E-state index contributed by atoms with van der Waals surface area (Å²) < 4.78 is 13.3. The first-order chi connectivity index (χ1) is 31.6. The van der Waals surface area contributed by atoms with Gasteiger partial charge in [0.05, 0.1) is 24.4 Å². The van der Waals surface area contributed by atoms with E-state index in [1.807, 2.05) is 24.3 Å². The first-order valence-electron chi connectivity index (χ1n) is 25.0. The van der Waals surface area contributed by atoms with Crippen LogP contribution in [0.4, 0.5) is 0 Å². The summed E-state index contributed by atoms with van der Waals surface area (Å²) in [6.07, 6.45) is 4.56. The molecule has 366 valence electrons. The number of allylic oxidation sites excluding steroid dienone is 5. The smallest absolute Gasteiger partial charge is 0.355 e. The molecule has 4 heteroatoms. The molecule has 0 fully saturated rings. The third-order valence-corrected chi connectivity index (χ3v) is 13.5. The van der Waals surface area contributed by atoms with Gasteiger partial charge < -0.3 is 14.6 Å². The maximum atomic E-state index is 12.4. The lowest BCUT2D eigenvalue weighted by atomic mass is 9.77. The molecular weight excluding hydrogens is 845 g/mol. The fourth-order valence-electron chi connectivity index (χ4n) is 8.71. The standard InChI is InChI=1S/C65H82O4/c1-40-28-50(42-32-46(62(9,10)11)36-47(33-42)63(12,13)14)58(66)54(30-40)52-38-44(60(3,4)5)22-24-56(52)68-26-21-27-69-57-25-23-45(61(6,7)8)39-53(57)55-31-41(2)29-51(59(55)67)43-34-48(64(15,16)17)37-49(35-43)65(18,19)20/h22-25,28-39,67H,1,21,26-27H2,2-20H3/p+1. The number of rotatable bonds is 10. The van der Waals surface area contributed by atoms with Gasteiger partial charge >= 0.3 is 5.78 Å². The van der Waals surface area contributed by atoms with E-state index in [0.29, 0.717) is 36.7 Å². The van der Waals surface area contributed by atoms with Crippen molar-refractivity contribution in [3.05, 3.63) is 159 Å². The number of phenolic OH excluding ortho intramolecular Hbond substituents is 1. The fourth-order valence-corrected chi connectivity index (χ4v) is 8.71. The molecule has 0 aliphatic heterocycles.